The number of hydrogen-bond donors (Lipinski definition) is 0. The van der Waals surface area contributed by atoms with Gasteiger partial charge in [0.1, 0.15) is 0 Å². The van der Waals surface area contributed by atoms with Crippen molar-refractivity contribution in [3.8, 4) is 0 Å². The molecule has 1 aromatic heterocycles. The van der Waals surface area contributed by atoms with E-state index in [4.69, 9.17) is 20.9 Å². The SMILES string of the molecule is CN(C)c1noc(COC(=O)/C=C/c2ccc(Cl)cc2)n1. The van der Waals surface area contributed by atoms with Crippen molar-refractivity contribution in [1.82, 2.24) is 10.1 Å². The van der Waals surface area contributed by atoms with Gasteiger partial charge in [-0.2, -0.15) is 4.98 Å². The average Bonchev–Trinajstić information content (AvgIpc) is 2.93. The lowest BCUT2D eigenvalue weighted by Gasteiger charge is -2.02. The van der Waals surface area contributed by atoms with Crippen LogP contribution in [-0.2, 0) is 16.1 Å². The molecule has 1 aromatic carbocycles. The zero-order chi connectivity index (χ0) is 15.2. The van der Waals surface area contributed by atoms with E-state index >= 15 is 0 Å². The van der Waals surface area contributed by atoms with Crippen molar-refractivity contribution in [2.45, 2.75) is 6.61 Å². The predicted molar refractivity (Wildman–Crippen MR) is 78.9 cm³/mol. The van der Waals surface area contributed by atoms with Gasteiger partial charge in [0.2, 0.25) is 0 Å². The third kappa shape index (κ3) is 4.61. The number of anilines is 1. The molecular weight excluding hydrogens is 294 g/mol. The highest BCUT2D eigenvalue weighted by Gasteiger charge is 2.09. The number of rotatable bonds is 5. The Kier molecular flexibility index (Phi) is 4.94. The molecule has 1 heterocycles. The van der Waals surface area contributed by atoms with Crippen molar-refractivity contribution in [2.75, 3.05) is 19.0 Å². The quantitative estimate of drug-likeness (QED) is 0.624. The second kappa shape index (κ2) is 6.90. The van der Waals surface area contributed by atoms with Gasteiger partial charge >= 0.3 is 5.97 Å². The average molecular weight is 308 g/mol. The Morgan fingerprint density at radius 1 is 1.38 bits per heavy atom. The Balaban J connectivity index is 1.85. The highest BCUT2D eigenvalue weighted by molar-refractivity contribution is 6.30. The zero-order valence-electron chi connectivity index (χ0n) is 11.6. The van der Waals surface area contributed by atoms with Crippen LogP contribution in [0.2, 0.25) is 5.02 Å². The largest absolute Gasteiger partial charge is 0.452 e. The summed E-state index contributed by atoms with van der Waals surface area (Å²) >= 11 is 5.77. The maximum atomic E-state index is 11.6. The van der Waals surface area contributed by atoms with Crippen LogP contribution in [0.15, 0.2) is 34.9 Å². The van der Waals surface area contributed by atoms with Crippen LogP contribution in [0, 0.1) is 0 Å². The van der Waals surface area contributed by atoms with Gasteiger partial charge in [-0.15, -0.1) is 0 Å². The van der Waals surface area contributed by atoms with E-state index in [1.165, 1.54) is 6.08 Å². The van der Waals surface area contributed by atoms with Crippen LogP contribution in [0.5, 0.6) is 0 Å². The summed E-state index contributed by atoms with van der Waals surface area (Å²) in [5, 5.41) is 4.35. The van der Waals surface area contributed by atoms with E-state index in [2.05, 4.69) is 10.1 Å². The van der Waals surface area contributed by atoms with E-state index in [0.717, 1.165) is 5.56 Å². The molecule has 0 bridgehead atoms. The molecule has 0 aliphatic rings. The Hall–Kier alpha value is -2.34. The first-order valence-corrected chi connectivity index (χ1v) is 6.53. The minimum absolute atomic E-state index is 0.0649. The lowest BCUT2D eigenvalue weighted by Crippen LogP contribution is -2.10. The molecule has 0 aliphatic heterocycles. The molecule has 7 heteroatoms. The number of benzene rings is 1. The summed E-state index contributed by atoms with van der Waals surface area (Å²) in [6, 6.07) is 7.09. The molecular formula is C14H14ClN3O3. The second-order valence-electron chi connectivity index (χ2n) is 4.38. The number of aromatic nitrogens is 2. The standard InChI is InChI=1S/C14H14ClN3O3/c1-18(2)14-16-12(21-17-14)9-20-13(19)8-5-10-3-6-11(15)7-4-10/h3-8H,9H2,1-2H3/b8-5+. The van der Waals surface area contributed by atoms with Crippen LogP contribution >= 0.6 is 11.6 Å². The normalized spacial score (nSPS) is 10.8. The Morgan fingerprint density at radius 2 is 2.10 bits per heavy atom. The number of nitrogens with zero attached hydrogens (tertiary/aromatic N) is 3. The van der Waals surface area contributed by atoms with Crippen LogP contribution in [0.25, 0.3) is 6.08 Å². The number of carbonyl (C=O) groups is 1. The summed E-state index contributed by atoms with van der Waals surface area (Å²) in [5.41, 5.74) is 0.851. The summed E-state index contributed by atoms with van der Waals surface area (Å²) in [7, 11) is 3.57. The summed E-state index contributed by atoms with van der Waals surface area (Å²) < 4.78 is 9.93. The van der Waals surface area contributed by atoms with Crippen LogP contribution in [0.3, 0.4) is 0 Å². The smallest absolute Gasteiger partial charge is 0.331 e. The summed E-state index contributed by atoms with van der Waals surface area (Å²) in [4.78, 5) is 17.3. The highest BCUT2D eigenvalue weighted by Crippen LogP contribution is 2.11. The van der Waals surface area contributed by atoms with Gasteiger partial charge in [-0.1, -0.05) is 23.7 Å². The van der Waals surface area contributed by atoms with Crippen molar-refractivity contribution in [2.24, 2.45) is 0 Å². The summed E-state index contributed by atoms with van der Waals surface area (Å²) in [6.45, 7) is -0.0649. The van der Waals surface area contributed by atoms with Crippen LogP contribution in [-0.4, -0.2) is 30.2 Å². The van der Waals surface area contributed by atoms with Crippen molar-refractivity contribution >= 4 is 29.6 Å². The zero-order valence-corrected chi connectivity index (χ0v) is 12.4. The van der Waals surface area contributed by atoms with E-state index in [1.807, 2.05) is 0 Å². The lowest BCUT2D eigenvalue weighted by molar-refractivity contribution is -0.139. The fourth-order valence-electron chi connectivity index (χ4n) is 1.41. The lowest BCUT2D eigenvalue weighted by atomic mass is 10.2. The van der Waals surface area contributed by atoms with Crippen LogP contribution in [0.4, 0.5) is 5.95 Å². The minimum atomic E-state index is -0.491. The van der Waals surface area contributed by atoms with Crippen molar-refractivity contribution in [1.29, 1.82) is 0 Å². The first-order valence-electron chi connectivity index (χ1n) is 6.15. The predicted octanol–water partition coefficient (Wildman–Crippen LogP) is 2.55. The maximum absolute atomic E-state index is 11.6. The molecule has 2 rings (SSSR count). The first-order chi connectivity index (χ1) is 10.0. The van der Waals surface area contributed by atoms with Gasteiger partial charge in [-0.05, 0) is 28.9 Å². The molecule has 0 amide bonds. The van der Waals surface area contributed by atoms with E-state index in [0.29, 0.717) is 11.0 Å². The third-order valence-electron chi connectivity index (χ3n) is 2.48. The highest BCUT2D eigenvalue weighted by atomic mass is 35.5. The fraction of sp³-hybridized carbons (Fsp3) is 0.214. The van der Waals surface area contributed by atoms with E-state index < -0.39 is 5.97 Å². The molecule has 0 aliphatic carbocycles. The van der Waals surface area contributed by atoms with Crippen LogP contribution < -0.4 is 4.90 Å². The minimum Gasteiger partial charge on any atom is -0.452 e. The van der Waals surface area contributed by atoms with Gasteiger partial charge < -0.3 is 14.2 Å². The second-order valence-corrected chi connectivity index (χ2v) is 4.81. The molecule has 0 N–H and O–H groups in total. The van der Waals surface area contributed by atoms with E-state index in [-0.39, 0.29) is 12.5 Å². The van der Waals surface area contributed by atoms with Gasteiger partial charge in [-0.3, -0.25) is 0 Å². The number of ether oxygens (including phenoxy) is 1. The molecule has 0 saturated heterocycles. The van der Waals surface area contributed by atoms with Gasteiger partial charge in [0, 0.05) is 25.2 Å². The number of carbonyl (C=O) groups excluding carboxylic acids is 1. The monoisotopic (exact) mass is 307 g/mol. The summed E-state index contributed by atoms with van der Waals surface area (Å²) in [6.07, 6.45) is 2.96. The number of esters is 1. The Bertz CT molecular complexity index is 635. The van der Waals surface area contributed by atoms with Crippen LogP contribution in [0.1, 0.15) is 11.5 Å². The fourth-order valence-corrected chi connectivity index (χ4v) is 1.53. The Labute approximate surface area is 127 Å². The molecule has 0 fully saturated rings. The molecule has 0 atom stereocenters. The van der Waals surface area contributed by atoms with Gasteiger partial charge in [0.05, 0.1) is 0 Å². The van der Waals surface area contributed by atoms with Crippen molar-refractivity contribution < 1.29 is 14.1 Å². The summed E-state index contributed by atoms with van der Waals surface area (Å²) in [5.74, 6) is 0.180. The number of hydrogen-bond acceptors (Lipinski definition) is 6. The topological polar surface area (TPSA) is 68.5 Å². The molecule has 6 nitrogen and oxygen atoms in total. The maximum Gasteiger partial charge on any atom is 0.331 e. The molecule has 0 spiro atoms. The van der Waals surface area contributed by atoms with Crippen molar-refractivity contribution in [3.05, 3.63) is 46.8 Å². The van der Waals surface area contributed by atoms with Gasteiger partial charge in [-0.25, -0.2) is 4.79 Å². The van der Waals surface area contributed by atoms with Crippen molar-refractivity contribution in [3.63, 3.8) is 0 Å². The van der Waals surface area contributed by atoms with E-state index in [9.17, 15) is 4.79 Å². The first kappa shape index (κ1) is 15.1. The molecule has 21 heavy (non-hydrogen) atoms. The molecule has 0 saturated carbocycles. The Morgan fingerprint density at radius 3 is 2.71 bits per heavy atom. The number of halogens is 1. The third-order valence-corrected chi connectivity index (χ3v) is 2.73. The van der Waals surface area contributed by atoms with E-state index in [1.54, 1.807) is 49.3 Å². The molecule has 0 radical (unpaired) electrons. The molecule has 2 aromatic rings. The van der Waals surface area contributed by atoms with Gasteiger partial charge in [0.25, 0.3) is 11.8 Å². The van der Waals surface area contributed by atoms with Gasteiger partial charge in [0.15, 0.2) is 6.61 Å². The molecule has 110 valence electrons. The molecule has 0 unspecified atom stereocenters.